The molecular formula is C29H28F5N5O3. The van der Waals surface area contributed by atoms with Crippen LogP contribution in [0.3, 0.4) is 0 Å². The van der Waals surface area contributed by atoms with Crippen molar-refractivity contribution in [3.8, 4) is 0 Å². The van der Waals surface area contributed by atoms with Crippen LogP contribution in [-0.2, 0) is 28.1 Å². The van der Waals surface area contributed by atoms with Gasteiger partial charge < -0.3 is 14.2 Å². The Labute approximate surface area is 237 Å². The number of halogens is 5. The van der Waals surface area contributed by atoms with Crippen molar-refractivity contribution < 1.29 is 36.3 Å². The molecule has 1 aromatic carbocycles. The minimum atomic E-state index is -4.50. The molecule has 2 aromatic heterocycles. The van der Waals surface area contributed by atoms with Crippen molar-refractivity contribution in [2.75, 3.05) is 18.4 Å². The number of hydrogen-bond acceptors (Lipinski definition) is 5. The number of nitrogens with one attached hydrogen (secondary N) is 1. The van der Waals surface area contributed by atoms with E-state index in [1.165, 1.54) is 16.7 Å². The molecule has 1 spiro atoms. The Bertz CT molecular complexity index is 1520. The van der Waals surface area contributed by atoms with Gasteiger partial charge in [-0.05, 0) is 36.6 Å². The summed E-state index contributed by atoms with van der Waals surface area (Å²) in [7, 11) is 0. The number of alkyl halides is 3. The second kappa shape index (κ2) is 10.7. The van der Waals surface area contributed by atoms with Crippen molar-refractivity contribution in [3.63, 3.8) is 0 Å². The van der Waals surface area contributed by atoms with E-state index < -0.39 is 47.8 Å². The lowest BCUT2D eigenvalue weighted by Crippen LogP contribution is -2.50. The molecule has 13 heteroatoms. The van der Waals surface area contributed by atoms with Gasteiger partial charge in [0.05, 0.1) is 6.42 Å². The first-order valence-corrected chi connectivity index (χ1v) is 13.8. The lowest BCUT2D eigenvalue weighted by atomic mass is 9.83. The predicted molar refractivity (Wildman–Crippen MR) is 140 cm³/mol. The molecule has 2 atom stereocenters. The molecule has 3 aromatic rings. The van der Waals surface area contributed by atoms with Crippen LogP contribution in [-0.4, -0.2) is 50.7 Å². The van der Waals surface area contributed by atoms with Gasteiger partial charge in [0.2, 0.25) is 5.91 Å². The van der Waals surface area contributed by atoms with E-state index in [1.54, 1.807) is 17.2 Å². The number of benzene rings is 1. The van der Waals surface area contributed by atoms with Crippen LogP contribution in [0, 0.1) is 11.6 Å². The normalized spacial score (nSPS) is 21.6. The fourth-order valence-corrected chi connectivity index (χ4v) is 6.49. The highest BCUT2D eigenvalue weighted by molar-refractivity contribution is 5.87. The number of rotatable bonds is 4. The summed E-state index contributed by atoms with van der Waals surface area (Å²) >= 11 is 0. The average molecular weight is 590 g/mol. The zero-order valence-electron chi connectivity index (χ0n) is 22.5. The standard InChI is InChI=1S/C29H28F5N5O3/c30-22-5-1-3-20(24(22)31)18-7-6-17(26-36-15-19(39(26)16-18)14-29(32,33)34)13-23(40)38-11-8-28(9-12-38)21-4-2-10-35-25(21)37-27(41)42-28/h1-5,10,15,17-18H,6-9,11-14,16H2,(H,35,37,41)/t17-,18+/m1/s1. The number of carbonyl (C=O) groups is 2. The molecule has 0 saturated carbocycles. The first kappa shape index (κ1) is 28.1. The number of ether oxygens (including phenoxy) is 1. The van der Waals surface area contributed by atoms with Crippen LogP contribution in [0.1, 0.15) is 66.6 Å². The van der Waals surface area contributed by atoms with Gasteiger partial charge in [0.1, 0.15) is 17.2 Å². The third kappa shape index (κ3) is 5.32. The fraction of sp³-hybridized carbons (Fsp3) is 0.448. The Morgan fingerprint density at radius 1 is 1.10 bits per heavy atom. The number of likely N-dealkylation sites (tertiary alicyclic amines) is 1. The summed E-state index contributed by atoms with van der Waals surface area (Å²) in [5, 5.41) is 2.60. The highest BCUT2D eigenvalue weighted by Gasteiger charge is 2.46. The van der Waals surface area contributed by atoms with Gasteiger partial charge in [0.15, 0.2) is 11.6 Å². The highest BCUT2D eigenvalue weighted by Crippen LogP contribution is 2.43. The maximum Gasteiger partial charge on any atom is 0.413 e. The molecule has 0 radical (unpaired) electrons. The Morgan fingerprint density at radius 3 is 2.64 bits per heavy atom. The number of carbonyl (C=O) groups excluding carboxylic acids is 2. The topological polar surface area (TPSA) is 89.4 Å². The summed E-state index contributed by atoms with van der Waals surface area (Å²) < 4.78 is 76.1. The summed E-state index contributed by atoms with van der Waals surface area (Å²) in [4.78, 5) is 35.9. The second-order valence-electron chi connectivity index (χ2n) is 11.1. The van der Waals surface area contributed by atoms with Crippen molar-refractivity contribution in [2.45, 2.75) is 68.7 Å². The van der Waals surface area contributed by atoms with Crippen LogP contribution in [0.5, 0.6) is 0 Å². The van der Waals surface area contributed by atoms with E-state index in [0.29, 0.717) is 50.4 Å². The number of hydrogen-bond donors (Lipinski definition) is 1. The Hall–Kier alpha value is -4.03. The summed E-state index contributed by atoms with van der Waals surface area (Å²) in [6, 6.07) is 7.41. The lowest BCUT2D eigenvalue weighted by molar-refractivity contribution is -0.136. The van der Waals surface area contributed by atoms with E-state index in [2.05, 4.69) is 15.3 Å². The van der Waals surface area contributed by atoms with Gasteiger partial charge in [-0.3, -0.25) is 10.1 Å². The molecule has 222 valence electrons. The summed E-state index contributed by atoms with van der Waals surface area (Å²) in [6.07, 6.45) is -2.19. The van der Waals surface area contributed by atoms with Crippen molar-refractivity contribution >= 4 is 17.8 Å². The molecule has 1 saturated heterocycles. The van der Waals surface area contributed by atoms with E-state index in [1.807, 2.05) is 6.07 Å². The van der Waals surface area contributed by atoms with Crippen molar-refractivity contribution in [2.24, 2.45) is 0 Å². The Kier molecular flexibility index (Phi) is 7.14. The molecule has 2 amide bonds. The number of imidazole rings is 1. The SMILES string of the molecule is O=C1Nc2ncccc2C2(CCN(C(=O)C[C@H]3CC[C@H](c4cccc(F)c4F)Cn4c(CC(F)(F)F)cnc43)CC2)O1. The van der Waals surface area contributed by atoms with Crippen molar-refractivity contribution in [1.82, 2.24) is 19.4 Å². The highest BCUT2D eigenvalue weighted by atomic mass is 19.4. The molecule has 6 rings (SSSR count). The molecular weight excluding hydrogens is 561 g/mol. The number of piperidine rings is 1. The molecule has 0 bridgehead atoms. The zero-order valence-corrected chi connectivity index (χ0v) is 22.5. The average Bonchev–Trinajstić information content (AvgIpc) is 3.22. The number of aromatic nitrogens is 3. The van der Waals surface area contributed by atoms with Gasteiger partial charge in [-0.15, -0.1) is 0 Å². The Morgan fingerprint density at radius 2 is 1.88 bits per heavy atom. The quantitative estimate of drug-likeness (QED) is 0.389. The number of nitrogens with zero attached hydrogens (tertiary/aromatic N) is 4. The maximum atomic E-state index is 14.7. The van der Waals surface area contributed by atoms with Crippen LogP contribution < -0.4 is 5.32 Å². The second-order valence-corrected chi connectivity index (χ2v) is 11.1. The first-order chi connectivity index (χ1) is 20.0. The third-order valence-corrected chi connectivity index (χ3v) is 8.56. The fourth-order valence-electron chi connectivity index (χ4n) is 6.49. The molecule has 3 aliphatic rings. The minimum absolute atomic E-state index is 0.00664. The smallest absolute Gasteiger partial charge is 0.413 e. The van der Waals surface area contributed by atoms with E-state index in [4.69, 9.17) is 4.74 Å². The van der Waals surface area contributed by atoms with Gasteiger partial charge in [-0.1, -0.05) is 12.1 Å². The van der Waals surface area contributed by atoms with Crippen molar-refractivity contribution in [3.05, 3.63) is 77.0 Å². The van der Waals surface area contributed by atoms with Crippen LogP contribution in [0.15, 0.2) is 42.7 Å². The number of pyridine rings is 1. The Balaban J connectivity index is 1.22. The van der Waals surface area contributed by atoms with E-state index in [0.717, 1.165) is 17.8 Å². The molecule has 42 heavy (non-hydrogen) atoms. The van der Waals surface area contributed by atoms with E-state index in [-0.39, 0.29) is 30.1 Å². The summed E-state index contributed by atoms with van der Waals surface area (Å²) in [5.74, 6) is -2.60. The van der Waals surface area contributed by atoms with Gasteiger partial charge in [-0.2, -0.15) is 13.2 Å². The van der Waals surface area contributed by atoms with Crippen LogP contribution in [0.25, 0.3) is 0 Å². The van der Waals surface area contributed by atoms with Crippen molar-refractivity contribution in [1.29, 1.82) is 0 Å². The molecule has 3 aliphatic heterocycles. The minimum Gasteiger partial charge on any atom is -0.437 e. The predicted octanol–water partition coefficient (Wildman–Crippen LogP) is 5.79. The molecule has 0 unspecified atom stereocenters. The van der Waals surface area contributed by atoms with Crippen LogP contribution >= 0.6 is 0 Å². The molecule has 0 aliphatic carbocycles. The largest absolute Gasteiger partial charge is 0.437 e. The molecule has 8 nitrogen and oxygen atoms in total. The number of fused-ring (bicyclic) bond motifs is 3. The monoisotopic (exact) mass is 589 g/mol. The van der Waals surface area contributed by atoms with E-state index in [9.17, 15) is 31.5 Å². The maximum absolute atomic E-state index is 14.7. The molecule has 5 heterocycles. The summed E-state index contributed by atoms with van der Waals surface area (Å²) in [6.45, 7) is 0.598. The summed E-state index contributed by atoms with van der Waals surface area (Å²) in [5.41, 5.74) is -0.156. The van der Waals surface area contributed by atoms with Crippen LogP contribution in [0.4, 0.5) is 32.6 Å². The third-order valence-electron chi connectivity index (χ3n) is 8.56. The van der Waals surface area contributed by atoms with Gasteiger partial charge >= 0.3 is 12.3 Å². The number of amides is 2. The molecule has 1 N–H and O–H groups in total. The number of anilines is 1. The molecule has 1 fully saturated rings. The first-order valence-electron chi connectivity index (χ1n) is 13.8. The van der Waals surface area contributed by atoms with Gasteiger partial charge in [0.25, 0.3) is 0 Å². The lowest BCUT2D eigenvalue weighted by Gasteiger charge is -2.43. The van der Waals surface area contributed by atoms with Gasteiger partial charge in [-0.25, -0.2) is 23.5 Å². The van der Waals surface area contributed by atoms with E-state index >= 15 is 0 Å². The zero-order chi connectivity index (χ0) is 29.6. The van der Waals surface area contributed by atoms with Gasteiger partial charge in [0, 0.05) is 74.4 Å². The van der Waals surface area contributed by atoms with Crippen LogP contribution in [0.2, 0.25) is 0 Å².